The molecule has 0 atom stereocenters. The largest absolute Gasteiger partial charge is 0.494 e. The van der Waals surface area contributed by atoms with Crippen LogP contribution in [0.2, 0.25) is 0 Å². The lowest BCUT2D eigenvalue weighted by atomic mass is 10.2. The minimum Gasteiger partial charge on any atom is -0.494 e. The summed E-state index contributed by atoms with van der Waals surface area (Å²) in [5, 5.41) is 0. The van der Waals surface area contributed by atoms with Crippen LogP contribution in [0.25, 0.3) is 0 Å². The Morgan fingerprint density at radius 3 is 2.19 bits per heavy atom. The average Bonchev–Trinajstić information content (AvgIpc) is 2.80. The SMILES string of the molecule is C=CC(=O)OCCCCCCOc1ccc(C(=O)Oc2ccc(SCCC)cc2)cc1. The van der Waals surface area contributed by atoms with Crippen LogP contribution in [0.4, 0.5) is 0 Å². The van der Waals surface area contributed by atoms with E-state index in [9.17, 15) is 9.59 Å². The van der Waals surface area contributed by atoms with Gasteiger partial charge in [-0.1, -0.05) is 13.5 Å². The van der Waals surface area contributed by atoms with E-state index in [1.54, 1.807) is 36.0 Å². The third-order valence-corrected chi connectivity index (χ3v) is 5.53. The lowest BCUT2D eigenvalue weighted by molar-refractivity contribution is -0.137. The number of unbranched alkanes of at least 4 members (excludes halogenated alkanes) is 3. The van der Waals surface area contributed by atoms with Crippen molar-refractivity contribution in [2.24, 2.45) is 0 Å². The van der Waals surface area contributed by atoms with Gasteiger partial charge in [0.2, 0.25) is 0 Å². The number of thioether (sulfide) groups is 1. The molecule has 0 radical (unpaired) electrons. The van der Waals surface area contributed by atoms with Gasteiger partial charge >= 0.3 is 11.9 Å². The average molecular weight is 443 g/mol. The van der Waals surface area contributed by atoms with Crippen LogP contribution in [0, 0.1) is 0 Å². The fourth-order valence-corrected chi connectivity index (χ4v) is 3.42. The minimum absolute atomic E-state index is 0.380. The lowest BCUT2D eigenvalue weighted by Gasteiger charge is -2.08. The highest BCUT2D eigenvalue weighted by molar-refractivity contribution is 7.99. The molecule has 2 aromatic rings. The number of benzene rings is 2. The normalized spacial score (nSPS) is 10.4. The molecule has 0 aliphatic rings. The van der Waals surface area contributed by atoms with Crippen LogP contribution >= 0.6 is 11.8 Å². The summed E-state index contributed by atoms with van der Waals surface area (Å²) in [7, 11) is 0. The van der Waals surface area contributed by atoms with Crippen molar-refractivity contribution in [2.45, 2.75) is 43.9 Å². The van der Waals surface area contributed by atoms with E-state index in [2.05, 4.69) is 13.5 Å². The highest BCUT2D eigenvalue weighted by Crippen LogP contribution is 2.23. The first-order chi connectivity index (χ1) is 15.1. The van der Waals surface area contributed by atoms with E-state index in [-0.39, 0.29) is 5.97 Å². The third-order valence-electron chi connectivity index (χ3n) is 4.32. The zero-order valence-corrected chi connectivity index (χ0v) is 18.8. The minimum atomic E-state index is -0.391. The van der Waals surface area contributed by atoms with Crippen LogP contribution in [-0.4, -0.2) is 30.9 Å². The van der Waals surface area contributed by atoms with E-state index in [0.29, 0.717) is 30.3 Å². The van der Waals surface area contributed by atoms with Gasteiger partial charge < -0.3 is 14.2 Å². The molecular weight excluding hydrogens is 412 g/mol. The van der Waals surface area contributed by atoms with Crippen LogP contribution in [0.3, 0.4) is 0 Å². The lowest BCUT2D eigenvalue weighted by Crippen LogP contribution is -2.08. The van der Waals surface area contributed by atoms with Gasteiger partial charge in [-0.05, 0) is 86.4 Å². The Morgan fingerprint density at radius 1 is 0.903 bits per heavy atom. The highest BCUT2D eigenvalue weighted by Gasteiger charge is 2.09. The zero-order chi connectivity index (χ0) is 22.3. The van der Waals surface area contributed by atoms with Crippen molar-refractivity contribution in [3.63, 3.8) is 0 Å². The number of hydrogen-bond donors (Lipinski definition) is 0. The molecule has 2 aromatic carbocycles. The predicted molar refractivity (Wildman–Crippen MR) is 124 cm³/mol. The Balaban J connectivity index is 1.66. The van der Waals surface area contributed by atoms with E-state index < -0.39 is 5.97 Å². The van der Waals surface area contributed by atoms with Gasteiger partial charge in [0.25, 0.3) is 0 Å². The Bertz CT molecular complexity index is 815. The van der Waals surface area contributed by atoms with Crippen molar-refractivity contribution in [2.75, 3.05) is 19.0 Å². The second kappa shape index (κ2) is 14.3. The van der Waals surface area contributed by atoms with E-state index in [1.165, 1.54) is 11.0 Å². The molecule has 0 saturated heterocycles. The second-order valence-electron chi connectivity index (χ2n) is 6.87. The smallest absolute Gasteiger partial charge is 0.343 e. The van der Waals surface area contributed by atoms with Crippen molar-refractivity contribution in [1.29, 1.82) is 0 Å². The van der Waals surface area contributed by atoms with Crippen molar-refractivity contribution in [3.8, 4) is 11.5 Å². The van der Waals surface area contributed by atoms with Crippen molar-refractivity contribution in [1.82, 2.24) is 0 Å². The predicted octanol–water partition coefficient (Wildman–Crippen LogP) is 6.08. The summed E-state index contributed by atoms with van der Waals surface area (Å²) in [6.07, 6.45) is 5.99. The molecule has 0 aromatic heterocycles. The Kier molecular flexibility index (Phi) is 11.3. The van der Waals surface area contributed by atoms with Gasteiger partial charge in [-0.25, -0.2) is 9.59 Å². The first-order valence-corrected chi connectivity index (χ1v) is 11.6. The van der Waals surface area contributed by atoms with Gasteiger partial charge in [-0.15, -0.1) is 11.8 Å². The molecule has 0 amide bonds. The fraction of sp³-hybridized carbons (Fsp3) is 0.360. The fourth-order valence-electron chi connectivity index (χ4n) is 2.66. The van der Waals surface area contributed by atoms with Gasteiger partial charge in [-0.2, -0.15) is 0 Å². The summed E-state index contributed by atoms with van der Waals surface area (Å²) in [6, 6.07) is 14.5. The maximum Gasteiger partial charge on any atom is 0.343 e. The highest BCUT2D eigenvalue weighted by atomic mass is 32.2. The van der Waals surface area contributed by atoms with Crippen LogP contribution < -0.4 is 9.47 Å². The van der Waals surface area contributed by atoms with Gasteiger partial charge in [0.05, 0.1) is 18.8 Å². The number of carbonyl (C=O) groups excluding carboxylic acids is 2. The number of hydrogen-bond acceptors (Lipinski definition) is 6. The first kappa shape index (κ1) is 24.5. The maximum atomic E-state index is 12.3. The van der Waals surface area contributed by atoms with Crippen LogP contribution in [0.5, 0.6) is 11.5 Å². The molecule has 0 heterocycles. The van der Waals surface area contributed by atoms with Crippen LogP contribution in [-0.2, 0) is 9.53 Å². The summed E-state index contributed by atoms with van der Waals surface area (Å²) < 4.78 is 16.1. The van der Waals surface area contributed by atoms with Gasteiger partial charge in [0.15, 0.2) is 0 Å². The maximum absolute atomic E-state index is 12.3. The number of carbonyl (C=O) groups is 2. The van der Waals surface area contributed by atoms with Crippen LogP contribution in [0.1, 0.15) is 49.4 Å². The topological polar surface area (TPSA) is 61.8 Å². The Morgan fingerprint density at radius 2 is 1.55 bits per heavy atom. The molecule has 2 rings (SSSR count). The number of esters is 2. The molecular formula is C25H30O5S. The quantitative estimate of drug-likeness (QED) is 0.116. The standard InChI is InChI=1S/C25H30O5S/c1-3-19-31-23-15-13-22(14-16-23)30-25(27)20-9-11-21(12-10-20)28-17-7-5-6-8-18-29-24(26)4-2/h4,9-16H,2-3,5-8,17-19H2,1H3. The van der Waals surface area contributed by atoms with E-state index in [0.717, 1.165) is 37.9 Å². The van der Waals surface area contributed by atoms with Gasteiger partial charge in [0, 0.05) is 11.0 Å². The molecule has 31 heavy (non-hydrogen) atoms. The second-order valence-corrected chi connectivity index (χ2v) is 8.04. The number of ether oxygens (including phenoxy) is 3. The molecule has 0 bridgehead atoms. The Labute approximate surface area is 188 Å². The molecule has 0 saturated carbocycles. The molecule has 166 valence electrons. The van der Waals surface area contributed by atoms with Crippen molar-refractivity contribution >= 4 is 23.7 Å². The zero-order valence-electron chi connectivity index (χ0n) is 18.0. The van der Waals surface area contributed by atoms with Gasteiger partial charge in [-0.3, -0.25) is 0 Å². The summed E-state index contributed by atoms with van der Waals surface area (Å²) in [5.41, 5.74) is 0.478. The van der Waals surface area contributed by atoms with Crippen molar-refractivity contribution in [3.05, 3.63) is 66.7 Å². The molecule has 5 nitrogen and oxygen atoms in total. The molecule has 0 aliphatic carbocycles. The molecule has 0 unspecified atom stereocenters. The van der Waals surface area contributed by atoms with Crippen LogP contribution in [0.15, 0.2) is 66.1 Å². The Hall–Kier alpha value is -2.73. The summed E-state index contributed by atoms with van der Waals surface area (Å²) >= 11 is 1.79. The molecule has 0 aliphatic heterocycles. The van der Waals surface area contributed by atoms with E-state index >= 15 is 0 Å². The third kappa shape index (κ3) is 9.75. The summed E-state index contributed by atoms with van der Waals surface area (Å²) in [4.78, 5) is 24.4. The molecule has 6 heteroatoms. The first-order valence-electron chi connectivity index (χ1n) is 10.6. The number of rotatable bonds is 14. The van der Waals surface area contributed by atoms with E-state index in [1.807, 2.05) is 24.3 Å². The summed E-state index contributed by atoms with van der Waals surface area (Å²) in [5.74, 6) is 1.55. The van der Waals surface area contributed by atoms with Gasteiger partial charge in [0.1, 0.15) is 11.5 Å². The monoisotopic (exact) mass is 442 g/mol. The molecule has 0 N–H and O–H groups in total. The molecule has 0 fully saturated rings. The van der Waals surface area contributed by atoms with E-state index in [4.69, 9.17) is 14.2 Å². The molecule has 0 spiro atoms. The van der Waals surface area contributed by atoms with Crippen molar-refractivity contribution < 1.29 is 23.8 Å². The summed E-state index contributed by atoms with van der Waals surface area (Å²) in [6.45, 7) is 6.52.